The van der Waals surface area contributed by atoms with Gasteiger partial charge in [0, 0.05) is 24.2 Å². The van der Waals surface area contributed by atoms with Crippen LogP contribution in [0.25, 0.3) is 27.1 Å². The molecular formula is C25H23N. The molecule has 0 spiro atoms. The van der Waals surface area contributed by atoms with Gasteiger partial charge < -0.3 is 4.90 Å². The molecule has 0 aliphatic heterocycles. The molecule has 0 amide bonds. The summed E-state index contributed by atoms with van der Waals surface area (Å²) in [5.74, 6) is 0. The maximum atomic E-state index is 4.33. The first-order valence-electron chi connectivity index (χ1n) is 9.16. The third-order valence-electron chi connectivity index (χ3n) is 5.05. The molecule has 26 heavy (non-hydrogen) atoms. The Morgan fingerprint density at radius 1 is 0.731 bits per heavy atom. The van der Waals surface area contributed by atoms with Crippen molar-refractivity contribution >= 4 is 32.8 Å². The van der Waals surface area contributed by atoms with Crippen LogP contribution in [-0.4, -0.2) is 13.1 Å². The zero-order chi connectivity index (χ0) is 17.9. The van der Waals surface area contributed by atoms with Crippen LogP contribution in [0.15, 0.2) is 91.5 Å². The van der Waals surface area contributed by atoms with E-state index in [0.717, 1.165) is 18.7 Å². The SMILES string of the molecule is C=C(CN(CC)c1cccc2c1ccc1ccccc12)c1ccccc1. The number of hydrogen-bond acceptors (Lipinski definition) is 1. The molecule has 1 heteroatoms. The molecule has 0 fully saturated rings. The molecule has 1 nitrogen and oxygen atoms in total. The number of fused-ring (bicyclic) bond motifs is 3. The number of benzene rings is 4. The van der Waals surface area contributed by atoms with E-state index >= 15 is 0 Å². The Hall–Kier alpha value is -3.06. The van der Waals surface area contributed by atoms with E-state index in [1.165, 1.54) is 32.8 Å². The third kappa shape index (κ3) is 2.97. The van der Waals surface area contributed by atoms with Crippen molar-refractivity contribution < 1.29 is 0 Å². The van der Waals surface area contributed by atoms with Crippen LogP contribution in [-0.2, 0) is 0 Å². The van der Waals surface area contributed by atoms with E-state index in [-0.39, 0.29) is 0 Å². The number of rotatable bonds is 5. The molecule has 0 unspecified atom stereocenters. The number of hydrogen-bond donors (Lipinski definition) is 0. The summed E-state index contributed by atoms with van der Waals surface area (Å²) in [4.78, 5) is 2.41. The lowest BCUT2D eigenvalue weighted by Crippen LogP contribution is -2.24. The summed E-state index contributed by atoms with van der Waals surface area (Å²) >= 11 is 0. The molecule has 0 aliphatic carbocycles. The number of nitrogens with zero attached hydrogens (tertiary/aromatic N) is 1. The lowest BCUT2D eigenvalue weighted by molar-refractivity contribution is 0.919. The minimum atomic E-state index is 0.826. The van der Waals surface area contributed by atoms with Crippen LogP contribution in [0, 0.1) is 0 Å². The third-order valence-corrected chi connectivity index (χ3v) is 5.05. The predicted octanol–water partition coefficient (Wildman–Crippen LogP) is 6.53. The van der Waals surface area contributed by atoms with Gasteiger partial charge in [0.1, 0.15) is 0 Å². The molecule has 0 saturated carbocycles. The molecule has 4 rings (SSSR count). The molecular weight excluding hydrogens is 314 g/mol. The smallest absolute Gasteiger partial charge is 0.0449 e. The van der Waals surface area contributed by atoms with Crippen LogP contribution in [0.5, 0.6) is 0 Å². The molecule has 0 bridgehead atoms. The van der Waals surface area contributed by atoms with Crippen molar-refractivity contribution in [1.82, 2.24) is 0 Å². The van der Waals surface area contributed by atoms with Crippen LogP contribution < -0.4 is 4.90 Å². The van der Waals surface area contributed by atoms with Gasteiger partial charge in [-0.3, -0.25) is 0 Å². The zero-order valence-corrected chi connectivity index (χ0v) is 15.2. The average molecular weight is 337 g/mol. The molecule has 4 aromatic carbocycles. The van der Waals surface area contributed by atoms with E-state index in [1.54, 1.807) is 0 Å². The lowest BCUT2D eigenvalue weighted by atomic mass is 10.00. The topological polar surface area (TPSA) is 3.24 Å². The fourth-order valence-electron chi connectivity index (χ4n) is 3.66. The first-order valence-corrected chi connectivity index (χ1v) is 9.16. The van der Waals surface area contributed by atoms with Crippen LogP contribution in [0.3, 0.4) is 0 Å². The van der Waals surface area contributed by atoms with E-state index in [0.29, 0.717) is 0 Å². The molecule has 0 radical (unpaired) electrons. The minimum Gasteiger partial charge on any atom is -0.367 e. The molecule has 0 heterocycles. The van der Waals surface area contributed by atoms with Crippen LogP contribution >= 0.6 is 0 Å². The highest BCUT2D eigenvalue weighted by atomic mass is 15.1. The largest absolute Gasteiger partial charge is 0.367 e. The van der Waals surface area contributed by atoms with Gasteiger partial charge in [0.25, 0.3) is 0 Å². The molecule has 128 valence electrons. The van der Waals surface area contributed by atoms with Gasteiger partial charge in [0.2, 0.25) is 0 Å². The second-order valence-corrected chi connectivity index (χ2v) is 6.64. The Kier molecular flexibility index (Phi) is 4.45. The van der Waals surface area contributed by atoms with Crippen molar-refractivity contribution in [2.75, 3.05) is 18.0 Å². The van der Waals surface area contributed by atoms with E-state index in [9.17, 15) is 0 Å². The summed E-state index contributed by atoms with van der Waals surface area (Å²) in [7, 11) is 0. The van der Waals surface area contributed by atoms with Crippen molar-refractivity contribution in [3.8, 4) is 0 Å². The Bertz CT molecular complexity index is 1060. The van der Waals surface area contributed by atoms with Gasteiger partial charge >= 0.3 is 0 Å². The van der Waals surface area contributed by atoms with Gasteiger partial charge in [0.15, 0.2) is 0 Å². The van der Waals surface area contributed by atoms with Crippen molar-refractivity contribution in [2.24, 2.45) is 0 Å². The molecule has 4 aromatic rings. The number of likely N-dealkylation sites (N-methyl/N-ethyl adjacent to an activating group) is 1. The summed E-state index contributed by atoms with van der Waals surface area (Å²) in [6.07, 6.45) is 0. The van der Waals surface area contributed by atoms with E-state index in [2.05, 4.69) is 97.3 Å². The van der Waals surface area contributed by atoms with Gasteiger partial charge in [-0.15, -0.1) is 0 Å². The fraction of sp³-hybridized carbons (Fsp3) is 0.120. The zero-order valence-electron chi connectivity index (χ0n) is 15.2. The van der Waals surface area contributed by atoms with Gasteiger partial charge in [-0.25, -0.2) is 0 Å². The Labute approximate surface area is 155 Å². The minimum absolute atomic E-state index is 0.826. The second kappa shape index (κ2) is 7.05. The Morgan fingerprint density at radius 2 is 1.46 bits per heavy atom. The first-order chi connectivity index (χ1) is 12.8. The quantitative estimate of drug-likeness (QED) is 0.374. The lowest BCUT2D eigenvalue weighted by Gasteiger charge is -2.26. The fourth-order valence-corrected chi connectivity index (χ4v) is 3.66. The normalized spacial score (nSPS) is 11.0. The maximum Gasteiger partial charge on any atom is 0.0449 e. The maximum absolute atomic E-state index is 4.33. The summed E-state index contributed by atoms with van der Waals surface area (Å²) in [5, 5.41) is 5.21. The summed E-state index contributed by atoms with van der Waals surface area (Å²) in [6, 6.07) is 30.1. The van der Waals surface area contributed by atoms with E-state index in [4.69, 9.17) is 0 Å². The van der Waals surface area contributed by atoms with Gasteiger partial charge in [-0.1, -0.05) is 85.4 Å². The highest BCUT2D eigenvalue weighted by Gasteiger charge is 2.12. The monoisotopic (exact) mass is 337 g/mol. The molecule has 0 aromatic heterocycles. The standard InChI is InChI=1S/C25H23N/c1-3-26(18-19(2)20-10-5-4-6-11-20)25-15-9-14-23-22-13-8-7-12-21(22)16-17-24(23)25/h4-17H,2-3,18H2,1H3. The average Bonchev–Trinajstić information content (AvgIpc) is 2.72. The van der Waals surface area contributed by atoms with Gasteiger partial charge in [0.05, 0.1) is 0 Å². The van der Waals surface area contributed by atoms with Gasteiger partial charge in [-0.2, -0.15) is 0 Å². The summed E-state index contributed by atoms with van der Waals surface area (Å²) in [6.45, 7) is 8.30. The van der Waals surface area contributed by atoms with E-state index < -0.39 is 0 Å². The highest BCUT2D eigenvalue weighted by Crippen LogP contribution is 2.33. The van der Waals surface area contributed by atoms with Crippen molar-refractivity contribution in [1.29, 1.82) is 0 Å². The second-order valence-electron chi connectivity index (χ2n) is 6.64. The predicted molar refractivity (Wildman–Crippen MR) is 115 cm³/mol. The van der Waals surface area contributed by atoms with Crippen molar-refractivity contribution in [3.05, 3.63) is 97.1 Å². The summed E-state index contributed by atoms with van der Waals surface area (Å²) < 4.78 is 0. The van der Waals surface area contributed by atoms with E-state index in [1.807, 2.05) is 6.07 Å². The number of anilines is 1. The first kappa shape index (κ1) is 16.4. The van der Waals surface area contributed by atoms with Crippen LogP contribution in [0.4, 0.5) is 5.69 Å². The van der Waals surface area contributed by atoms with Gasteiger partial charge in [-0.05, 0) is 40.3 Å². The summed E-state index contributed by atoms with van der Waals surface area (Å²) in [5.41, 5.74) is 3.62. The highest BCUT2D eigenvalue weighted by molar-refractivity contribution is 6.11. The van der Waals surface area contributed by atoms with Crippen LogP contribution in [0.2, 0.25) is 0 Å². The Morgan fingerprint density at radius 3 is 2.27 bits per heavy atom. The Balaban J connectivity index is 1.76. The molecule has 0 N–H and O–H groups in total. The molecule has 0 atom stereocenters. The van der Waals surface area contributed by atoms with Crippen molar-refractivity contribution in [3.63, 3.8) is 0 Å². The van der Waals surface area contributed by atoms with Crippen molar-refractivity contribution in [2.45, 2.75) is 6.92 Å². The molecule has 0 aliphatic rings. The van der Waals surface area contributed by atoms with Crippen LogP contribution in [0.1, 0.15) is 12.5 Å². The molecule has 0 saturated heterocycles.